The Labute approximate surface area is 98.6 Å². The van der Waals surface area contributed by atoms with Crippen molar-refractivity contribution in [1.82, 2.24) is 0 Å². The Hall–Kier alpha value is -2.32. The van der Waals surface area contributed by atoms with Gasteiger partial charge in [-0.1, -0.05) is 0 Å². The second kappa shape index (κ2) is 5.68. The molecule has 1 aromatic rings. The number of hydrogen-bond donors (Lipinski definition) is 3. The molecule has 0 saturated heterocycles. The predicted molar refractivity (Wildman–Crippen MR) is 63.5 cm³/mol. The van der Waals surface area contributed by atoms with Gasteiger partial charge in [-0.2, -0.15) is 0 Å². The number of amides is 1. The van der Waals surface area contributed by atoms with Crippen molar-refractivity contribution in [2.45, 2.75) is 12.5 Å². The highest BCUT2D eigenvalue weighted by Gasteiger charge is 2.12. The van der Waals surface area contributed by atoms with E-state index in [1.54, 1.807) is 0 Å². The van der Waals surface area contributed by atoms with Crippen LogP contribution in [0.5, 0.6) is 0 Å². The van der Waals surface area contributed by atoms with Gasteiger partial charge in [0.15, 0.2) is 0 Å². The first-order valence-corrected chi connectivity index (χ1v) is 4.88. The van der Waals surface area contributed by atoms with E-state index in [0.29, 0.717) is 5.69 Å². The van der Waals surface area contributed by atoms with E-state index in [2.05, 4.69) is 11.2 Å². The molecule has 0 aliphatic rings. The molecule has 0 spiro atoms. The van der Waals surface area contributed by atoms with E-state index in [9.17, 15) is 9.59 Å². The Morgan fingerprint density at radius 3 is 2.47 bits per heavy atom. The fraction of sp³-hybridized carbons (Fsp3) is 0.167. The summed E-state index contributed by atoms with van der Waals surface area (Å²) in [6.07, 6.45) is 5.19. The first kappa shape index (κ1) is 12.7. The first-order chi connectivity index (χ1) is 8.04. The number of carboxylic acids is 1. The lowest BCUT2D eigenvalue weighted by Crippen LogP contribution is -2.35. The molecule has 1 rings (SSSR count). The first-order valence-electron chi connectivity index (χ1n) is 4.88. The Bertz CT molecular complexity index is 460. The summed E-state index contributed by atoms with van der Waals surface area (Å²) >= 11 is 0. The highest BCUT2D eigenvalue weighted by atomic mass is 16.4. The molecule has 0 aromatic heterocycles. The number of anilines is 1. The highest BCUT2D eigenvalue weighted by Crippen LogP contribution is 2.10. The van der Waals surface area contributed by atoms with Gasteiger partial charge >= 0.3 is 5.97 Å². The monoisotopic (exact) mass is 232 g/mol. The van der Waals surface area contributed by atoms with Gasteiger partial charge in [-0.25, -0.2) is 4.79 Å². The fourth-order valence-corrected chi connectivity index (χ4v) is 1.15. The standard InChI is InChI=1S/C12H12N2O3/c1-2-3-10(13)11(15)14-9-6-4-8(5-7-9)12(16)17/h1,4-7,10H,3,13H2,(H,14,15)(H,16,17). The van der Waals surface area contributed by atoms with Crippen molar-refractivity contribution >= 4 is 17.6 Å². The fourth-order valence-electron chi connectivity index (χ4n) is 1.15. The molecule has 1 atom stereocenters. The average Bonchev–Trinajstić information content (AvgIpc) is 2.30. The zero-order valence-electron chi connectivity index (χ0n) is 9.01. The molecule has 5 heteroatoms. The molecule has 0 saturated carbocycles. The topological polar surface area (TPSA) is 92.4 Å². The second-order valence-electron chi connectivity index (χ2n) is 3.39. The minimum Gasteiger partial charge on any atom is -0.478 e. The molecular formula is C12H12N2O3. The third-order valence-corrected chi connectivity index (χ3v) is 2.07. The summed E-state index contributed by atoms with van der Waals surface area (Å²) in [5.41, 5.74) is 6.13. The van der Waals surface area contributed by atoms with Gasteiger partial charge in [-0.15, -0.1) is 12.3 Å². The van der Waals surface area contributed by atoms with E-state index in [0.717, 1.165) is 0 Å². The molecule has 88 valence electrons. The van der Waals surface area contributed by atoms with Crippen molar-refractivity contribution in [2.24, 2.45) is 5.73 Å². The summed E-state index contributed by atoms with van der Waals surface area (Å²) in [7, 11) is 0. The summed E-state index contributed by atoms with van der Waals surface area (Å²) < 4.78 is 0. The minimum atomic E-state index is -1.02. The molecule has 0 bridgehead atoms. The maximum absolute atomic E-state index is 11.5. The van der Waals surface area contributed by atoms with Crippen molar-refractivity contribution in [3.05, 3.63) is 29.8 Å². The Morgan fingerprint density at radius 1 is 1.41 bits per heavy atom. The molecule has 0 aliphatic heterocycles. The van der Waals surface area contributed by atoms with E-state index in [4.69, 9.17) is 17.3 Å². The number of nitrogens with two attached hydrogens (primary N) is 1. The van der Waals surface area contributed by atoms with E-state index in [1.165, 1.54) is 24.3 Å². The van der Waals surface area contributed by atoms with Crippen LogP contribution in [-0.2, 0) is 4.79 Å². The van der Waals surface area contributed by atoms with Gasteiger partial charge in [0.25, 0.3) is 0 Å². The number of rotatable bonds is 4. The number of carboxylic acid groups (broad SMARTS) is 1. The molecule has 17 heavy (non-hydrogen) atoms. The van der Waals surface area contributed by atoms with Gasteiger partial charge in [-0.05, 0) is 24.3 Å². The molecule has 1 unspecified atom stereocenters. The van der Waals surface area contributed by atoms with E-state index in [1.807, 2.05) is 0 Å². The number of benzene rings is 1. The van der Waals surface area contributed by atoms with Crippen LogP contribution in [0.4, 0.5) is 5.69 Å². The quantitative estimate of drug-likeness (QED) is 0.665. The summed E-state index contributed by atoms with van der Waals surface area (Å²) in [5, 5.41) is 11.2. The van der Waals surface area contributed by atoms with Gasteiger partial charge in [0.1, 0.15) is 0 Å². The lowest BCUT2D eigenvalue weighted by atomic mass is 10.2. The second-order valence-corrected chi connectivity index (χ2v) is 3.39. The number of hydrogen-bond acceptors (Lipinski definition) is 3. The van der Waals surface area contributed by atoms with Crippen LogP contribution in [0.3, 0.4) is 0 Å². The smallest absolute Gasteiger partial charge is 0.335 e. The van der Waals surface area contributed by atoms with Crippen LogP contribution < -0.4 is 11.1 Å². The molecule has 4 N–H and O–H groups in total. The molecule has 0 heterocycles. The number of carbonyl (C=O) groups excluding carboxylic acids is 1. The number of aromatic carboxylic acids is 1. The zero-order chi connectivity index (χ0) is 12.8. The third-order valence-electron chi connectivity index (χ3n) is 2.07. The van der Waals surface area contributed by atoms with Gasteiger partial charge < -0.3 is 16.2 Å². The highest BCUT2D eigenvalue weighted by molar-refractivity contribution is 5.95. The Kier molecular flexibility index (Phi) is 4.26. The van der Waals surface area contributed by atoms with Crippen LogP contribution in [0, 0.1) is 12.3 Å². The molecule has 0 aliphatic carbocycles. The van der Waals surface area contributed by atoms with Gasteiger partial charge in [0.2, 0.25) is 5.91 Å². The van der Waals surface area contributed by atoms with Crippen LogP contribution in [0.15, 0.2) is 24.3 Å². The summed E-state index contributed by atoms with van der Waals surface area (Å²) in [6, 6.07) is 5.00. The van der Waals surface area contributed by atoms with Gasteiger partial charge in [-0.3, -0.25) is 4.79 Å². The Morgan fingerprint density at radius 2 is 2.00 bits per heavy atom. The molecule has 0 radical (unpaired) electrons. The third kappa shape index (κ3) is 3.63. The van der Waals surface area contributed by atoms with Crippen molar-refractivity contribution in [3.63, 3.8) is 0 Å². The van der Waals surface area contributed by atoms with Crippen LogP contribution in [0.1, 0.15) is 16.8 Å². The lowest BCUT2D eigenvalue weighted by Gasteiger charge is -2.09. The molecule has 1 aromatic carbocycles. The maximum atomic E-state index is 11.5. The van der Waals surface area contributed by atoms with Crippen molar-refractivity contribution in [2.75, 3.05) is 5.32 Å². The predicted octanol–water partition coefficient (Wildman–Crippen LogP) is 0.674. The SMILES string of the molecule is C#CCC(N)C(=O)Nc1ccc(C(=O)O)cc1. The summed E-state index contributed by atoms with van der Waals surface area (Å²) in [4.78, 5) is 22.1. The van der Waals surface area contributed by atoms with E-state index < -0.39 is 17.9 Å². The minimum absolute atomic E-state index is 0.149. The molecule has 0 fully saturated rings. The van der Waals surface area contributed by atoms with Gasteiger partial charge in [0, 0.05) is 12.1 Å². The summed E-state index contributed by atoms with van der Waals surface area (Å²) in [6.45, 7) is 0. The van der Waals surface area contributed by atoms with Crippen LogP contribution >= 0.6 is 0 Å². The van der Waals surface area contributed by atoms with E-state index >= 15 is 0 Å². The molecule has 5 nitrogen and oxygen atoms in total. The number of carbonyl (C=O) groups is 2. The Balaban J connectivity index is 2.67. The van der Waals surface area contributed by atoms with Crippen LogP contribution in [-0.4, -0.2) is 23.0 Å². The summed E-state index contributed by atoms with van der Waals surface area (Å²) in [5.74, 6) is 0.876. The van der Waals surface area contributed by atoms with Crippen molar-refractivity contribution in [1.29, 1.82) is 0 Å². The molecular weight excluding hydrogens is 220 g/mol. The van der Waals surface area contributed by atoms with E-state index in [-0.39, 0.29) is 12.0 Å². The molecule has 1 amide bonds. The van der Waals surface area contributed by atoms with Crippen LogP contribution in [0.2, 0.25) is 0 Å². The van der Waals surface area contributed by atoms with Crippen LogP contribution in [0.25, 0.3) is 0 Å². The number of terminal acetylenes is 1. The zero-order valence-corrected chi connectivity index (χ0v) is 9.01. The van der Waals surface area contributed by atoms with Crippen molar-refractivity contribution < 1.29 is 14.7 Å². The van der Waals surface area contributed by atoms with Crippen molar-refractivity contribution in [3.8, 4) is 12.3 Å². The lowest BCUT2D eigenvalue weighted by molar-refractivity contribution is -0.117. The number of nitrogens with one attached hydrogen (secondary N) is 1. The average molecular weight is 232 g/mol. The normalized spacial score (nSPS) is 11.3. The maximum Gasteiger partial charge on any atom is 0.335 e. The largest absolute Gasteiger partial charge is 0.478 e. The van der Waals surface area contributed by atoms with Gasteiger partial charge in [0.05, 0.1) is 11.6 Å².